The SMILES string of the molecule is CCNCc1cncc(-c2ncc3[nH]nc(-c4nc5nccc(-c6cc(F)cc(NCCN(C)C)c6)c5[nH]4)c3c2F)c1. The number of nitrogens with one attached hydrogen (secondary N) is 4. The predicted molar refractivity (Wildman–Crippen MR) is 160 cm³/mol. The van der Waals surface area contributed by atoms with Crippen molar-refractivity contribution in [2.24, 2.45) is 0 Å². The van der Waals surface area contributed by atoms with E-state index in [1.54, 1.807) is 30.9 Å². The highest BCUT2D eigenvalue weighted by Crippen LogP contribution is 2.34. The molecule has 6 rings (SSSR count). The van der Waals surface area contributed by atoms with Gasteiger partial charge in [0, 0.05) is 55.0 Å². The number of H-pyrrole nitrogens is 2. The Kier molecular flexibility index (Phi) is 7.55. The van der Waals surface area contributed by atoms with Gasteiger partial charge in [-0.25, -0.2) is 18.7 Å². The predicted octanol–water partition coefficient (Wildman–Crippen LogP) is 4.99. The van der Waals surface area contributed by atoms with Gasteiger partial charge < -0.3 is 20.5 Å². The van der Waals surface area contributed by atoms with Crippen molar-refractivity contribution in [2.45, 2.75) is 13.5 Å². The van der Waals surface area contributed by atoms with Gasteiger partial charge in [0.1, 0.15) is 17.2 Å². The Morgan fingerprint density at radius 3 is 2.69 bits per heavy atom. The topological polar surface area (TPSA) is 123 Å². The molecule has 0 unspecified atom stereocenters. The van der Waals surface area contributed by atoms with E-state index in [4.69, 9.17) is 0 Å². The summed E-state index contributed by atoms with van der Waals surface area (Å²) < 4.78 is 30.7. The number of benzene rings is 1. The van der Waals surface area contributed by atoms with Crippen molar-refractivity contribution in [3.63, 3.8) is 0 Å². The molecule has 0 aliphatic rings. The third-order valence-electron chi connectivity index (χ3n) is 6.91. The molecule has 6 aromatic rings. The minimum atomic E-state index is -0.536. The quantitative estimate of drug-likeness (QED) is 0.182. The maximum atomic E-state index is 16.1. The standard InChI is InChI=1S/C30H30F2N10/c1-4-33-13-17-9-19(15-34-14-17)26-25(32)24-23(16-37-26)40-41-28(24)30-38-27-22(5-6-36-29(27)39-30)18-10-20(31)12-21(11-18)35-7-8-42(2)3/h5-6,9-12,14-16,33,35H,4,7-8,13H2,1-3H3,(H,40,41)(H,36,38,39). The van der Waals surface area contributed by atoms with Crippen LogP contribution in [-0.4, -0.2) is 73.7 Å². The van der Waals surface area contributed by atoms with Crippen molar-refractivity contribution >= 4 is 27.8 Å². The summed E-state index contributed by atoms with van der Waals surface area (Å²) in [6.45, 7) is 4.91. The normalized spacial score (nSPS) is 11.7. The number of hydrogen-bond acceptors (Lipinski definition) is 8. The second-order valence-electron chi connectivity index (χ2n) is 10.2. The summed E-state index contributed by atoms with van der Waals surface area (Å²) in [4.78, 5) is 23.0. The van der Waals surface area contributed by atoms with Crippen LogP contribution >= 0.6 is 0 Å². The summed E-state index contributed by atoms with van der Waals surface area (Å²) in [5.74, 6) is -0.577. The summed E-state index contributed by atoms with van der Waals surface area (Å²) >= 11 is 0. The molecule has 0 aliphatic heterocycles. The molecule has 0 radical (unpaired) electrons. The third kappa shape index (κ3) is 5.41. The van der Waals surface area contributed by atoms with Crippen LogP contribution in [0.5, 0.6) is 0 Å². The summed E-state index contributed by atoms with van der Waals surface area (Å²) in [6.07, 6.45) is 6.49. The first-order valence-corrected chi connectivity index (χ1v) is 13.6. The number of anilines is 1. The monoisotopic (exact) mass is 568 g/mol. The molecule has 0 aliphatic carbocycles. The Bertz CT molecular complexity index is 1880. The van der Waals surface area contributed by atoms with E-state index in [1.807, 2.05) is 38.1 Å². The van der Waals surface area contributed by atoms with Gasteiger partial charge >= 0.3 is 0 Å². The first kappa shape index (κ1) is 27.4. The van der Waals surface area contributed by atoms with Gasteiger partial charge in [0.05, 0.1) is 22.6 Å². The molecular weight excluding hydrogens is 538 g/mol. The van der Waals surface area contributed by atoms with Gasteiger partial charge in [0.25, 0.3) is 0 Å². The number of pyridine rings is 3. The fraction of sp³-hybridized carbons (Fsp3) is 0.233. The van der Waals surface area contributed by atoms with Crippen LogP contribution in [0.4, 0.5) is 14.5 Å². The Hall–Kier alpha value is -4.81. The largest absolute Gasteiger partial charge is 0.384 e. The highest BCUT2D eigenvalue weighted by Gasteiger charge is 2.22. The minimum Gasteiger partial charge on any atom is -0.384 e. The minimum absolute atomic E-state index is 0.167. The second kappa shape index (κ2) is 11.6. The fourth-order valence-electron chi connectivity index (χ4n) is 4.87. The number of likely N-dealkylation sites (N-methyl/N-ethyl adjacent to an activating group) is 1. The van der Waals surface area contributed by atoms with E-state index >= 15 is 4.39 Å². The van der Waals surface area contributed by atoms with E-state index < -0.39 is 5.82 Å². The Balaban J connectivity index is 1.40. The molecule has 12 heteroatoms. The van der Waals surface area contributed by atoms with Gasteiger partial charge in [0.15, 0.2) is 17.3 Å². The zero-order valence-corrected chi connectivity index (χ0v) is 23.5. The summed E-state index contributed by atoms with van der Waals surface area (Å²) in [6, 6.07) is 8.47. The molecule has 4 N–H and O–H groups in total. The zero-order chi connectivity index (χ0) is 29.2. The summed E-state index contributed by atoms with van der Waals surface area (Å²) in [5, 5.41) is 14.0. The van der Waals surface area contributed by atoms with E-state index in [1.165, 1.54) is 12.1 Å². The molecule has 0 fully saturated rings. The number of nitrogens with zero attached hydrogens (tertiary/aromatic N) is 6. The van der Waals surface area contributed by atoms with Crippen LogP contribution in [0.1, 0.15) is 12.5 Å². The van der Waals surface area contributed by atoms with E-state index in [2.05, 4.69) is 45.8 Å². The lowest BCUT2D eigenvalue weighted by Gasteiger charge is -2.13. The number of fused-ring (bicyclic) bond motifs is 2. The van der Waals surface area contributed by atoms with E-state index in [0.29, 0.717) is 58.0 Å². The Labute approximate surface area is 240 Å². The first-order valence-electron chi connectivity index (χ1n) is 13.6. The highest BCUT2D eigenvalue weighted by atomic mass is 19.1. The fourth-order valence-corrected chi connectivity index (χ4v) is 4.87. The molecule has 0 saturated carbocycles. The lowest BCUT2D eigenvalue weighted by Crippen LogP contribution is -2.20. The van der Waals surface area contributed by atoms with Crippen molar-refractivity contribution in [2.75, 3.05) is 39.0 Å². The van der Waals surface area contributed by atoms with Gasteiger partial charge in [-0.1, -0.05) is 6.92 Å². The average Bonchev–Trinajstić information content (AvgIpc) is 3.61. The van der Waals surface area contributed by atoms with Crippen molar-refractivity contribution in [1.82, 2.24) is 45.3 Å². The van der Waals surface area contributed by atoms with Crippen LogP contribution < -0.4 is 10.6 Å². The Morgan fingerprint density at radius 1 is 0.976 bits per heavy atom. The molecule has 0 amide bonds. The van der Waals surface area contributed by atoms with Gasteiger partial charge in [-0.3, -0.25) is 15.1 Å². The van der Waals surface area contributed by atoms with E-state index in [-0.39, 0.29) is 22.6 Å². The molecule has 42 heavy (non-hydrogen) atoms. The van der Waals surface area contributed by atoms with Gasteiger partial charge in [0.2, 0.25) is 0 Å². The number of imidazole rings is 1. The Morgan fingerprint density at radius 2 is 1.86 bits per heavy atom. The molecule has 5 aromatic heterocycles. The number of aromatic nitrogens is 7. The molecule has 0 spiro atoms. The van der Waals surface area contributed by atoms with Crippen molar-refractivity contribution in [3.8, 4) is 33.9 Å². The lowest BCUT2D eigenvalue weighted by molar-refractivity contribution is 0.425. The van der Waals surface area contributed by atoms with Gasteiger partial charge in [-0.15, -0.1) is 0 Å². The third-order valence-corrected chi connectivity index (χ3v) is 6.91. The molecular formula is C30H30F2N10. The first-order chi connectivity index (χ1) is 20.4. The molecule has 10 nitrogen and oxygen atoms in total. The smallest absolute Gasteiger partial charge is 0.178 e. The summed E-state index contributed by atoms with van der Waals surface area (Å²) in [7, 11) is 3.96. The molecule has 0 saturated heterocycles. The molecule has 0 bridgehead atoms. The molecule has 5 heterocycles. The average molecular weight is 569 g/mol. The lowest BCUT2D eigenvalue weighted by atomic mass is 10.0. The number of halogens is 2. The van der Waals surface area contributed by atoms with Crippen LogP contribution in [-0.2, 0) is 6.54 Å². The van der Waals surface area contributed by atoms with E-state index in [0.717, 1.165) is 18.7 Å². The van der Waals surface area contributed by atoms with Crippen LogP contribution in [0.2, 0.25) is 0 Å². The molecule has 1 aromatic carbocycles. The van der Waals surface area contributed by atoms with Crippen LogP contribution in [0.25, 0.3) is 56.0 Å². The van der Waals surface area contributed by atoms with Gasteiger partial charge in [-0.05, 0) is 62.1 Å². The van der Waals surface area contributed by atoms with E-state index in [9.17, 15) is 4.39 Å². The van der Waals surface area contributed by atoms with Crippen molar-refractivity contribution < 1.29 is 8.78 Å². The zero-order valence-electron chi connectivity index (χ0n) is 23.5. The number of hydrogen-bond donors (Lipinski definition) is 4. The highest BCUT2D eigenvalue weighted by molar-refractivity contribution is 5.97. The van der Waals surface area contributed by atoms with Crippen LogP contribution in [0.3, 0.4) is 0 Å². The van der Waals surface area contributed by atoms with Crippen LogP contribution in [0.15, 0.2) is 55.1 Å². The van der Waals surface area contributed by atoms with Crippen molar-refractivity contribution in [1.29, 1.82) is 0 Å². The van der Waals surface area contributed by atoms with Crippen LogP contribution in [0, 0.1) is 11.6 Å². The molecule has 0 atom stereocenters. The second-order valence-corrected chi connectivity index (χ2v) is 10.2. The number of aromatic amines is 2. The molecule has 214 valence electrons. The van der Waals surface area contributed by atoms with Gasteiger partial charge in [-0.2, -0.15) is 5.10 Å². The summed E-state index contributed by atoms with van der Waals surface area (Å²) in [5.41, 5.74) is 5.38. The number of rotatable bonds is 10. The van der Waals surface area contributed by atoms with Crippen molar-refractivity contribution in [3.05, 3.63) is 72.3 Å². The maximum absolute atomic E-state index is 16.1. The maximum Gasteiger partial charge on any atom is 0.178 e.